The summed E-state index contributed by atoms with van der Waals surface area (Å²) in [4.78, 5) is 11.9. The molecule has 5 nitrogen and oxygen atoms in total. The van der Waals surface area contributed by atoms with Gasteiger partial charge < -0.3 is 15.7 Å². The van der Waals surface area contributed by atoms with E-state index in [0.29, 0.717) is 21.4 Å². The summed E-state index contributed by atoms with van der Waals surface area (Å²) in [6, 6.07) is 12.0. The molecule has 33 heavy (non-hydrogen) atoms. The van der Waals surface area contributed by atoms with Crippen molar-refractivity contribution in [1.82, 2.24) is 9.97 Å². The monoisotopic (exact) mass is 482 g/mol. The summed E-state index contributed by atoms with van der Waals surface area (Å²) in [6.07, 6.45) is 3.00. The first-order chi connectivity index (χ1) is 15.8. The van der Waals surface area contributed by atoms with E-state index < -0.39 is 0 Å². The van der Waals surface area contributed by atoms with Crippen LogP contribution in [-0.4, -0.2) is 28.2 Å². The van der Waals surface area contributed by atoms with Crippen molar-refractivity contribution >= 4 is 29.0 Å². The van der Waals surface area contributed by atoms with Crippen molar-refractivity contribution in [3.05, 3.63) is 74.5 Å². The van der Waals surface area contributed by atoms with Gasteiger partial charge in [-0.1, -0.05) is 53.5 Å². The SMILES string of the molecule is Cc1cccc2c1CC1(CCN(c3nc(C)c(-c4cccc(Cl)c4Cl)nc3CO)CC1)[C@@H]2N. The molecule has 1 saturated heterocycles. The van der Waals surface area contributed by atoms with E-state index in [-0.39, 0.29) is 18.1 Å². The molecule has 2 aliphatic rings. The third-order valence-corrected chi connectivity index (χ3v) is 8.33. The van der Waals surface area contributed by atoms with E-state index >= 15 is 0 Å². The Balaban J connectivity index is 1.42. The first-order valence-electron chi connectivity index (χ1n) is 11.4. The van der Waals surface area contributed by atoms with Gasteiger partial charge in [0.15, 0.2) is 5.82 Å². The molecule has 1 aliphatic heterocycles. The highest BCUT2D eigenvalue weighted by atomic mass is 35.5. The van der Waals surface area contributed by atoms with E-state index in [0.717, 1.165) is 49.4 Å². The molecular formula is C26H28Cl2N4O. The number of aliphatic hydroxyl groups is 1. The van der Waals surface area contributed by atoms with Crippen LogP contribution < -0.4 is 10.6 Å². The second-order valence-corrected chi connectivity index (χ2v) is 10.1. The number of fused-ring (bicyclic) bond motifs is 1. The van der Waals surface area contributed by atoms with Crippen molar-refractivity contribution in [2.45, 2.75) is 45.8 Å². The molecule has 2 heterocycles. The fraction of sp³-hybridized carbons (Fsp3) is 0.385. The second kappa shape index (κ2) is 8.55. The number of aromatic nitrogens is 2. The van der Waals surface area contributed by atoms with E-state index in [4.69, 9.17) is 38.9 Å². The van der Waals surface area contributed by atoms with Crippen molar-refractivity contribution in [2.24, 2.45) is 11.1 Å². The minimum Gasteiger partial charge on any atom is -0.390 e. The summed E-state index contributed by atoms with van der Waals surface area (Å²) in [6.45, 7) is 5.57. The molecule has 1 aliphatic carbocycles. The van der Waals surface area contributed by atoms with Crippen LogP contribution >= 0.6 is 23.2 Å². The van der Waals surface area contributed by atoms with Crippen molar-refractivity contribution in [3.8, 4) is 11.3 Å². The standard InChI is InChI=1S/C26H28Cl2N4O/c1-15-5-3-6-17-19(15)13-26(24(17)29)9-11-32(12-10-26)25-21(14-33)31-23(16(2)30-25)18-7-4-8-20(27)22(18)28/h3-8,24,33H,9-14,29H2,1-2H3/t24-/m1/s1. The molecule has 172 valence electrons. The largest absolute Gasteiger partial charge is 0.390 e. The first-order valence-corrected chi connectivity index (χ1v) is 12.1. The Hall–Kier alpha value is -2.18. The van der Waals surface area contributed by atoms with Gasteiger partial charge >= 0.3 is 0 Å². The van der Waals surface area contributed by atoms with Gasteiger partial charge in [0, 0.05) is 24.7 Å². The van der Waals surface area contributed by atoms with Gasteiger partial charge in [-0.2, -0.15) is 0 Å². The summed E-state index contributed by atoms with van der Waals surface area (Å²) in [7, 11) is 0. The van der Waals surface area contributed by atoms with E-state index in [1.165, 1.54) is 16.7 Å². The van der Waals surface area contributed by atoms with Gasteiger partial charge in [0.25, 0.3) is 0 Å². The summed E-state index contributed by atoms with van der Waals surface area (Å²) in [5.41, 5.74) is 13.6. The van der Waals surface area contributed by atoms with Gasteiger partial charge in [0.1, 0.15) is 5.69 Å². The maximum absolute atomic E-state index is 10.1. The highest BCUT2D eigenvalue weighted by molar-refractivity contribution is 6.43. The average molecular weight is 483 g/mol. The van der Waals surface area contributed by atoms with Crippen LogP contribution in [0.3, 0.4) is 0 Å². The number of aryl methyl sites for hydroxylation is 2. The molecule has 3 N–H and O–H groups in total. The van der Waals surface area contributed by atoms with E-state index in [1.54, 1.807) is 6.07 Å². The lowest BCUT2D eigenvalue weighted by Crippen LogP contribution is -2.45. The molecule has 0 radical (unpaired) electrons. The number of aliphatic hydroxyl groups excluding tert-OH is 1. The summed E-state index contributed by atoms with van der Waals surface area (Å²) in [5.74, 6) is 0.743. The fourth-order valence-corrected chi connectivity index (χ4v) is 5.93. The molecule has 1 fully saturated rings. The second-order valence-electron chi connectivity index (χ2n) is 9.33. The number of rotatable bonds is 3. The number of nitrogens with zero attached hydrogens (tertiary/aromatic N) is 3. The Kier molecular flexibility index (Phi) is 5.86. The zero-order valence-corrected chi connectivity index (χ0v) is 20.4. The van der Waals surface area contributed by atoms with Crippen LogP contribution in [0.1, 0.15) is 47.0 Å². The van der Waals surface area contributed by atoms with Crippen LogP contribution in [0.5, 0.6) is 0 Å². The molecule has 1 aromatic heterocycles. The minimum absolute atomic E-state index is 0.0621. The number of benzene rings is 2. The Morgan fingerprint density at radius 3 is 2.52 bits per heavy atom. The van der Waals surface area contributed by atoms with Crippen LogP contribution in [0.15, 0.2) is 36.4 Å². The molecule has 0 bridgehead atoms. The summed E-state index contributed by atoms with van der Waals surface area (Å²) >= 11 is 12.6. The molecule has 0 saturated carbocycles. The Bertz CT molecular complexity index is 1220. The maximum atomic E-state index is 10.1. The third kappa shape index (κ3) is 3.71. The quantitative estimate of drug-likeness (QED) is 0.522. The maximum Gasteiger partial charge on any atom is 0.153 e. The van der Waals surface area contributed by atoms with Crippen molar-refractivity contribution < 1.29 is 5.11 Å². The Morgan fingerprint density at radius 1 is 1.09 bits per heavy atom. The fourth-order valence-electron chi connectivity index (χ4n) is 5.54. The molecule has 1 atom stereocenters. The molecule has 3 aromatic rings. The number of anilines is 1. The van der Waals surface area contributed by atoms with Crippen LogP contribution in [-0.2, 0) is 13.0 Å². The average Bonchev–Trinajstić information content (AvgIpc) is 3.09. The number of piperidine rings is 1. The molecule has 2 aromatic carbocycles. The topological polar surface area (TPSA) is 75.3 Å². The number of halogens is 2. The minimum atomic E-state index is -0.195. The number of nitrogens with two attached hydrogens (primary N) is 1. The van der Waals surface area contributed by atoms with E-state index in [2.05, 4.69) is 30.0 Å². The van der Waals surface area contributed by atoms with Gasteiger partial charge in [0.2, 0.25) is 0 Å². The van der Waals surface area contributed by atoms with Crippen molar-refractivity contribution in [1.29, 1.82) is 0 Å². The summed E-state index contributed by atoms with van der Waals surface area (Å²) in [5, 5.41) is 11.0. The van der Waals surface area contributed by atoms with E-state index in [1.807, 2.05) is 19.1 Å². The predicted molar refractivity (Wildman–Crippen MR) is 134 cm³/mol. The summed E-state index contributed by atoms with van der Waals surface area (Å²) < 4.78 is 0. The molecular weight excluding hydrogens is 455 g/mol. The lowest BCUT2D eigenvalue weighted by molar-refractivity contribution is 0.186. The van der Waals surface area contributed by atoms with Gasteiger partial charge in [-0.3, -0.25) is 0 Å². The first kappa shape index (κ1) is 22.6. The van der Waals surface area contributed by atoms with Crippen molar-refractivity contribution in [3.63, 3.8) is 0 Å². The molecule has 5 rings (SSSR count). The van der Waals surface area contributed by atoms with Crippen LogP contribution in [0.2, 0.25) is 10.0 Å². The Morgan fingerprint density at radius 2 is 1.82 bits per heavy atom. The highest BCUT2D eigenvalue weighted by Gasteiger charge is 2.46. The van der Waals surface area contributed by atoms with E-state index in [9.17, 15) is 5.11 Å². The highest BCUT2D eigenvalue weighted by Crippen LogP contribution is 2.51. The van der Waals surface area contributed by atoms with Crippen LogP contribution in [0.25, 0.3) is 11.3 Å². The Labute approximate surface area is 204 Å². The van der Waals surface area contributed by atoms with Gasteiger partial charge in [-0.05, 0) is 61.3 Å². The third-order valence-electron chi connectivity index (χ3n) is 7.51. The van der Waals surface area contributed by atoms with Gasteiger partial charge in [-0.15, -0.1) is 0 Å². The zero-order valence-electron chi connectivity index (χ0n) is 18.9. The molecule has 0 unspecified atom stereocenters. The molecule has 7 heteroatoms. The van der Waals surface area contributed by atoms with Crippen molar-refractivity contribution in [2.75, 3.05) is 18.0 Å². The van der Waals surface area contributed by atoms with Crippen LogP contribution in [0, 0.1) is 19.3 Å². The lowest BCUT2D eigenvalue weighted by atomic mass is 9.73. The lowest BCUT2D eigenvalue weighted by Gasteiger charge is -2.43. The van der Waals surface area contributed by atoms with Gasteiger partial charge in [0.05, 0.1) is 28.0 Å². The number of hydrogen-bond donors (Lipinski definition) is 2. The smallest absolute Gasteiger partial charge is 0.153 e. The zero-order chi connectivity index (χ0) is 23.3. The van der Waals surface area contributed by atoms with Gasteiger partial charge in [-0.25, -0.2) is 9.97 Å². The molecule has 0 amide bonds. The molecule has 1 spiro atoms. The normalized spacial score (nSPS) is 19.2. The predicted octanol–water partition coefficient (Wildman–Crippen LogP) is 5.40. The van der Waals surface area contributed by atoms with Crippen LogP contribution in [0.4, 0.5) is 5.82 Å². The number of hydrogen-bond acceptors (Lipinski definition) is 5.